The maximum atomic E-state index is 13.0. The molecule has 3 aromatic carbocycles. The highest BCUT2D eigenvalue weighted by Crippen LogP contribution is 2.32. The Kier molecular flexibility index (Phi) is 6.52. The van der Waals surface area contributed by atoms with Gasteiger partial charge in [0.15, 0.2) is 5.82 Å². The second-order valence-electron chi connectivity index (χ2n) is 9.31. The molecule has 2 heterocycles. The van der Waals surface area contributed by atoms with Crippen molar-refractivity contribution in [2.24, 2.45) is 0 Å². The first-order valence-corrected chi connectivity index (χ1v) is 12.1. The molecule has 0 saturated carbocycles. The van der Waals surface area contributed by atoms with E-state index in [4.69, 9.17) is 9.47 Å². The van der Waals surface area contributed by atoms with Crippen LogP contribution in [0.1, 0.15) is 24.2 Å². The molecular formula is C28H31N5O3. The van der Waals surface area contributed by atoms with Gasteiger partial charge in [-0.2, -0.15) is 5.10 Å². The standard InChI is InChI=1S/C28H31N5O3/c1-17-15-33(16-18(2)29-17)22-8-5-19(6-9-22)28(34)30-27-25-10-7-20(13-26(25)31-32-27)21-11-23(35-3)14-24(12-21)36-4/h5-14,17-18,29H,15-16H2,1-4H3,(H2,30,31,32,34)/t17-,18+. The lowest BCUT2D eigenvalue weighted by atomic mass is 10.0. The number of carbonyl (C=O) groups is 1. The summed E-state index contributed by atoms with van der Waals surface area (Å²) in [5.41, 5.74) is 4.47. The molecule has 5 rings (SSSR count). The summed E-state index contributed by atoms with van der Waals surface area (Å²) in [6.45, 7) is 6.27. The highest BCUT2D eigenvalue weighted by Gasteiger charge is 2.21. The van der Waals surface area contributed by atoms with E-state index in [1.54, 1.807) is 14.2 Å². The molecule has 0 bridgehead atoms. The van der Waals surface area contributed by atoms with Gasteiger partial charge in [0.1, 0.15) is 11.5 Å². The van der Waals surface area contributed by atoms with Crippen molar-refractivity contribution in [3.63, 3.8) is 0 Å². The van der Waals surface area contributed by atoms with Crippen LogP contribution in [0.3, 0.4) is 0 Å². The maximum Gasteiger partial charge on any atom is 0.256 e. The van der Waals surface area contributed by atoms with E-state index in [2.05, 4.69) is 39.6 Å². The van der Waals surface area contributed by atoms with Crippen LogP contribution in [0, 0.1) is 0 Å². The third-order valence-corrected chi connectivity index (χ3v) is 6.53. The lowest BCUT2D eigenvalue weighted by Gasteiger charge is -2.37. The molecule has 2 atom stereocenters. The fourth-order valence-electron chi connectivity index (χ4n) is 4.81. The minimum Gasteiger partial charge on any atom is -0.497 e. The normalized spacial score (nSPS) is 17.7. The van der Waals surface area contributed by atoms with E-state index < -0.39 is 0 Å². The molecule has 36 heavy (non-hydrogen) atoms. The summed E-state index contributed by atoms with van der Waals surface area (Å²) < 4.78 is 10.8. The van der Waals surface area contributed by atoms with Crippen LogP contribution in [0.5, 0.6) is 11.5 Å². The van der Waals surface area contributed by atoms with E-state index in [0.717, 1.165) is 40.8 Å². The van der Waals surface area contributed by atoms with Gasteiger partial charge in [0.25, 0.3) is 5.91 Å². The van der Waals surface area contributed by atoms with Crippen LogP contribution < -0.4 is 25.0 Å². The summed E-state index contributed by atoms with van der Waals surface area (Å²) in [4.78, 5) is 15.3. The molecule has 0 radical (unpaired) electrons. The molecular weight excluding hydrogens is 454 g/mol. The third kappa shape index (κ3) is 4.85. The molecule has 0 aliphatic carbocycles. The molecule has 1 aliphatic rings. The van der Waals surface area contributed by atoms with Gasteiger partial charge in [-0.3, -0.25) is 9.89 Å². The number of H-pyrrole nitrogens is 1. The van der Waals surface area contributed by atoms with Crippen molar-refractivity contribution in [1.82, 2.24) is 15.5 Å². The fraction of sp³-hybridized carbons (Fsp3) is 0.286. The van der Waals surface area contributed by atoms with Gasteiger partial charge in [0.2, 0.25) is 0 Å². The van der Waals surface area contributed by atoms with Gasteiger partial charge in [-0.15, -0.1) is 0 Å². The van der Waals surface area contributed by atoms with Crippen molar-refractivity contribution >= 4 is 28.3 Å². The van der Waals surface area contributed by atoms with Crippen molar-refractivity contribution in [1.29, 1.82) is 0 Å². The molecule has 186 valence electrons. The fourth-order valence-corrected chi connectivity index (χ4v) is 4.81. The highest BCUT2D eigenvalue weighted by atomic mass is 16.5. The maximum absolute atomic E-state index is 13.0. The molecule has 1 fully saturated rings. The molecule has 0 spiro atoms. The van der Waals surface area contributed by atoms with Crippen LogP contribution in [-0.4, -0.2) is 55.5 Å². The Morgan fingerprint density at radius 2 is 1.58 bits per heavy atom. The Balaban J connectivity index is 1.33. The van der Waals surface area contributed by atoms with Gasteiger partial charge >= 0.3 is 0 Å². The van der Waals surface area contributed by atoms with E-state index in [1.165, 1.54) is 0 Å². The number of ether oxygens (including phenoxy) is 2. The number of nitrogens with zero attached hydrogens (tertiary/aromatic N) is 2. The van der Waals surface area contributed by atoms with E-state index in [1.807, 2.05) is 60.7 Å². The highest BCUT2D eigenvalue weighted by molar-refractivity contribution is 6.08. The summed E-state index contributed by atoms with van der Waals surface area (Å²) in [6, 6.07) is 20.3. The van der Waals surface area contributed by atoms with Crippen LogP contribution in [0.2, 0.25) is 0 Å². The summed E-state index contributed by atoms with van der Waals surface area (Å²) in [5, 5.41) is 14.7. The van der Waals surface area contributed by atoms with Crippen LogP contribution in [-0.2, 0) is 0 Å². The molecule has 4 aromatic rings. The number of methoxy groups -OCH3 is 2. The van der Waals surface area contributed by atoms with Crippen LogP contribution in [0.25, 0.3) is 22.0 Å². The minimum absolute atomic E-state index is 0.196. The first kappa shape index (κ1) is 23.7. The summed E-state index contributed by atoms with van der Waals surface area (Å²) in [7, 11) is 3.26. The molecule has 1 aromatic heterocycles. The van der Waals surface area contributed by atoms with Crippen molar-refractivity contribution in [2.75, 3.05) is 37.5 Å². The Hall–Kier alpha value is -4.04. The number of anilines is 2. The quantitative estimate of drug-likeness (QED) is 0.367. The van der Waals surface area contributed by atoms with Crippen LogP contribution in [0.4, 0.5) is 11.5 Å². The first-order valence-electron chi connectivity index (χ1n) is 12.1. The number of nitrogens with one attached hydrogen (secondary N) is 3. The van der Waals surface area contributed by atoms with Crippen molar-refractivity contribution in [3.05, 3.63) is 66.2 Å². The van der Waals surface area contributed by atoms with Gasteiger partial charge in [0, 0.05) is 47.9 Å². The summed E-state index contributed by atoms with van der Waals surface area (Å²) >= 11 is 0. The van der Waals surface area contributed by atoms with Crippen molar-refractivity contribution < 1.29 is 14.3 Å². The van der Waals surface area contributed by atoms with Gasteiger partial charge in [-0.25, -0.2) is 0 Å². The summed E-state index contributed by atoms with van der Waals surface area (Å²) in [5.74, 6) is 1.74. The Morgan fingerprint density at radius 3 is 2.22 bits per heavy atom. The molecule has 0 unspecified atom stereocenters. The smallest absolute Gasteiger partial charge is 0.256 e. The second-order valence-corrected chi connectivity index (χ2v) is 9.31. The molecule has 1 amide bonds. The van der Waals surface area contributed by atoms with Gasteiger partial charge in [-0.1, -0.05) is 6.07 Å². The number of benzene rings is 3. The molecule has 8 heteroatoms. The van der Waals surface area contributed by atoms with Gasteiger partial charge in [-0.05, 0) is 73.5 Å². The number of fused-ring (bicyclic) bond motifs is 1. The van der Waals surface area contributed by atoms with E-state index in [0.29, 0.717) is 35.0 Å². The zero-order valence-corrected chi connectivity index (χ0v) is 21.0. The zero-order chi connectivity index (χ0) is 25.2. The zero-order valence-electron chi connectivity index (χ0n) is 21.0. The number of amides is 1. The largest absolute Gasteiger partial charge is 0.497 e. The number of carbonyl (C=O) groups excluding carboxylic acids is 1. The Labute approximate surface area is 210 Å². The molecule has 1 saturated heterocycles. The second kappa shape index (κ2) is 9.91. The molecule has 3 N–H and O–H groups in total. The van der Waals surface area contributed by atoms with Crippen molar-refractivity contribution in [3.8, 4) is 22.6 Å². The minimum atomic E-state index is -0.196. The SMILES string of the molecule is COc1cc(OC)cc(-c2ccc3c(NC(=O)c4ccc(N5C[C@@H](C)N[C@@H](C)C5)cc4)n[nH]c3c2)c1. The van der Waals surface area contributed by atoms with Crippen LogP contribution >= 0.6 is 0 Å². The number of hydrogen-bond donors (Lipinski definition) is 3. The van der Waals surface area contributed by atoms with Gasteiger partial charge < -0.3 is 25.0 Å². The first-order chi connectivity index (χ1) is 17.4. The van der Waals surface area contributed by atoms with E-state index >= 15 is 0 Å². The summed E-state index contributed by atoms with van der Waals surface area (Å²) in [6.07, 6.45) is 0. The lowest BCUT2D eigenvalue weighted by molar-refractivity contribution is 0.102. The molecule has 1 aliphatic heterocycles. The average molecular weight is 486 g/mol. The van der Waals surface area contributed by atoms with E-state index in [9.17, 15) is 4.79 Å². The number of rotatable bonds is 6. The number of hydrogen-bond acceptors (Lipinski definition) is 6. The van der Waals surface area contributed by atoms with Crippen molar-refractivity contribution in [2.45, 2.75) is 25.9 Å². The van der Waals surface area contributed by atoms with Crippen LogP contribution in [0.15, 0.2) is 60.7 Å². The Bertz CT molecular complexity index is 1350. The Morgan fingerprint density at radius 1 is 0.917 bits per heavy atom. The van der Waals surface area contributed by atoms with Gasteiger partial charge in [0.05, 0.1) is 19.7 Å². The number of aromatic amines is 1. The third-order valence-electron chi connectivity index (χ3n) is 6.53. The number of aromatic nitrogens is 2. The average Bonchev–Trinajstić information content (AvgIpc) is 3.29. The molecule has 8 nitrogen and oxygen atoms in total. The van der Waals surface area contributed by atoms with E-state index in [-0.39, 0.29) is 5.91 Å². The number of piperazine rings is 1. The topological polar surface area (TPSA) is 91.5 Å². The predicted molar refractivity (Wildman–Crippen MR) is 143 cm³/mol. The monoisotopic (exact) mass is 485 g/mol. The lowest BCUT2D eigenvalue weighted by Crippen LogP contribution is -2.54. The predicted octanol–water partition coefficient (Wildman–Crippen LogP) is 4.69.